The fraction of sp³-hybridized carbons (Fsp3) is 0.118. The van der Waals surface area contributed by atoms with Gasteiger partial charge in [-0.3, -0.25) is 0 Å². The van der Waals surface area contributed by atoms with Crippen LogP contribution in [0.15, 0.2) is 54.6 Å². The number of fused-ring (bicyclic) bond motifs is 1. The topological polar surface area (TPSA) is 12.9 Å². The molecule has 1 nitrogen and oxygen atoms in total. The van der Waals surface area contributed by atoms with Crippen molar-refractivity contribution in [2.75, 3.05) is 0 Å². The van der Waals surface area contributed by atoms with Crippen LogP contribution in [0.1, 0.15) is 11.1 Å². The van der Waals surface area contributed by atoms with E-state index in [0.29, 0.717) is 16.6 Å². The zero-order chi connectivity index (χ0) is 15.0. The van der Waals surface area contributed by atoms with E-state index >= 15 is 0 Å². The molecular formula is C17H12F3N. The van der Waals surface area contributed by atoms with Crippen molar-refractivity contribution < 1.29 is 13.2 Å². The van der Waals surface area contributed by atoms with Gasteiger partial charge in [0.1, 0.15) is 0 Å². The first-order chi connectivity index (χ1) is 9.95. The summed E-state index contributed by atoms with van der Waals surface area (Å²) in [6.45, 7) is 1.91. The second-order valence-corrected chi connectivity index (χ2v) is 4.93. The summed E-state index contributed by atoms with van der Waals surface area (Å²) in [5, 5.41) is 0.709. The second-order valence-electron chi connectivity index (χ2n) is 4.93. The van der Waals surface area contributed by atoms with Gasteiger partial charge >= 0.3 is 6.18 Å². The Hall–Kier alpha value is -2.36. The molecule has 4 heteroatoms. The summed E-state index contributed by atoms with van der Waals surface area (Å²) in [4.78, 5) is 4.42. The lowest BCUT2D eigenvalue weighted by molar-refractivity contribution is -0.137. The molecule has 0 aliphatic heterocycles. The van der Waals surface area contributed by atoms with Gasteiger partial charge in [-0.25, -0.2) is 4.98 Å². The lowest BCUT2D eigenvalue weighted by Crippen LogP contribution is -2.04. The zero-order valence-electron chi connectivity index (χ0n) is 11.3. The first-order valence-electron chi connectivity index (χ1n) is 6.49. The minimum absolute atomic E-state index is 0.356. The highest BCUT2D eigenvalue weighted by molar-refractivity contribution is 5.84. The average molecular weight is 287 g/mol. The summed E-state index contributed by atoms with van der Waals surface area (Å²) in [5.41, 5.74) is 2.23. The van der Waals surface area contributed by atoms with E-state index in [-0.39, 0.29) is 0 Å². The number of benzene rings is 2. The number of halogens is 3. The molecule has 21 heavy (non-hydrogen) atoms. The third kappa shape index (κ3) is 2.61. The Kier molecular flexibility index (Phi) is 3.16. The second kappa shape index (κ2) is 4.88. The van der Waals surface area contributed by atoms with E-state index in [9.17, 15) is 13.2 Å². The Morgan fingerprint density at radius 2 is 1.62 bits per heavy atom. The molecule has 0 saturated heterocycles. The van der Waals surface area contributed by atoms with E-state index in [1.54, 1.807) is 0 Å². The highest BCUT2D eigenvalue weighted by Gasteiger charge is 2.30. The average Bonchev–Trinajstić information content (AvgIpc) is 2.46. The minimum Gasteiger partial charge on any atom is -0.248 e. The van der Waals surface area contributed by atoms with Crippen LogP contribution in [0.25, 0.3) is 22.2 Å². The van der Waals surface area contributed by atoms with Gasteiger partial charge in [0, 0.05) is 10.9 Å². The summed E-state index contributed by atoms with van der Waals surface area (Å²) >= 11 is 0. The molecule has 0 saturated carbocycles. The summed E-state index contributed by atoms with van der Waals surface area (Å²) in [6, 6.07) is 15.0. The molecule has 1 heterocycles. The molecule has 0 bridgehead atoms. The molecule has 1 aromatic heterocycles. The molecule has 0 aliphatic rings. The number of aryl methyl sites for hydroxylation is 1. The Morgan fingerprint density at radius 3 is 2.29 bits per heavy atom. The van der Waals surface area contributed by atoms with Crippen LogP contribution >= 0.6 is 0 Å². The molecule has 0 amide bonds. The first kappa shape index (κ1) is 13.6. The van der Waals surface area contributed by atoms with E-state index in [4.69, 9.17) is 0 Å². The smallest absolute Gasteiger partial charge is 0.248 e. The predicted octanol–water partition coefficient (Wildman–Crippen LogP) is 5.23. The maximum Gasteiger partial charge on any atom is 0.416 e. The van der Waals surface area contributed by atoms with Crippen molar-refractivity contribution in [3.8, 4) is 11.3 Å². The fourth-order valence-electron chi connectivity index (χ4n) is 2.34. The van der Waals surface area contributed by atoms with Crippen LogP contribution in [0.4, 0.5) is 13.2 Å². The van der Waals surface area contributed by atoms with Gasteiger partial charge in [0.05, 0.1) is 16.8 Å². The van der Waals surface area contributed by atoms with Crippen LogP contribution in [0.2, 0.25) is 0 Å². The van der Waals surface area contributed by atoms with Crippen molar-refractivity contribution in [2.24, 2.45) is 0 Å². The van der Waals surface area contributed by atoms with Gasteiger partial charge in [0.2, 0.25) is 0 Å². The number of pyridine rings is 1. The molecule has 0 fully saturated rings. The molecule has 2 aromatic carbocycles. The lowest BCUT2D eigenvalue weighted by Gasteiger charge is -2.10. The van der Waals surface area contributed by atoms with Crippen molar-refractivity contribution in [2.45, 2.75) is 13.1 Å². The van der Waals surface area contributed by atoms with E-state index in [2.05, 4.69) is 4.98 Å². The molecule has 106 valence electrons. The quantitative estimate of drug-likeness (QED) is 0.597. The molecule has 0 unspecified atom stereocenters. The lowest BCUT2D eigenvalue weighted by atomic mass is 10.0. The van der Waals surface area contributed by atoms with Crippen molar-refractivity contribution in [3.05, 3.63) is 65.7 Å². The van der Waals surface area contributed by atoms with Crippen molar-refractivity contribution >= 4 is 10.9 Å². The first-order valence-corrected chi connectivity index (χ1v) is 6.49. The predicted molar refractivity (Wildman–Crippen MR) is 76.9 cm³/mol. The molecular weight excluding hydrogens is 275 g/mol. The Balaban J connectivity index is 2.21. The largest absolute Gasteiger partial charge is 0.416 e. The van der Waals surface area contributed by atoms with Gasteiger partial charge in [-0.15, -0.1) is 0 Å². The van der Waals surface area contributed by atoms with Crippen molar-refractivity contribution in [1.29, 1.82) is 0 Å². The van der Waals surface area contributed by atoms with Crippen molar-refractivity contribution in [1.82, 2.24) is 4.98 Å². The van der Waals surface area contributed by atoms with E-state index in [1.165, 1.54) is 6.07 Å². The standard InChI is InChI=1S/C17H12F3N/c1-11-9-13-7-8-14(17(18,19)20)10-15(13)21-16(11)12-5-3-2-4-6-12/h2-10H,1H3. The fourth-order valence-corrected chi connectivity index (χ4v) is 2.34. The minimum atomic E-state index is -4.35. The normalized spacial score (nSPS) is 11.8. The van der Waals surface area contributed by atoms with Crippen LogP contribution < -0.4 is 0 Å². The summed E-state index contributed by atoms with van der Waals surface area (Å²) < 4.78 is 38.4. The molecule has 0 aliphatic carbocycles. The van der Waals surface area contributed by atoms with Crippen LogP contribution in [0, 0.1) is 6.92 Å². The number of hydrogen-bond acceptors (Lipinski definition) is 1. The molecule has 0 N–H and O–H groups in total. The summed E-state index contributed by atoms with van der Waals surface area (Å²) in [7, 11) is 0. The molecule has 3 aromatic rings. The monoisotopic (exact) mass is 287 g/mol. The highest BCUT2D eigenvalue weighted by atomic mass is 19.4. The van der Waals surface area contributed by atoms with Crippen LogP contribution in [0.3, 0.4) is 0 Å². The van der Waals surface area contributed by atoms with Gasteiger partial charge in [-0.1, -0.05) is 36.4 Å². The number of aromatic nitrogens is 1. The number of rotatable bonds is 1. The number of nitrogens with zero attached hydrogens (tertiary/aromatic N) is 1. The van der Waals surface area contributed by atoms with Gasteiger partial charge in [-0.05, 0) is 30.7 Å². The SMILES string of the molecule is Cc1cc2ccc(C(F)(F)F)cc2nc1-c1ccccc1. The molecule has 0 radical (unpaired) electrons. The number of hydrogen-bond donors (Lipinski definition) is 0. The third-order valence-corrected chi connectivity index (χ3v) is 3.38. The van der Waals surface area contributed by atoms with Gasteiger partial charge in [0.25, 0.3) is 0 Å². The maximum atomic E-state index is 12.8. The highest BCUT2D eigenvalue weighted by Crippen LogP contribution is 2.32. The van der Waals surface area contributed by atoms with Crippen LogP contribution in [-0.4, -0.2) is 4.98 Å². The summed E-state index contributed by atoms with van der Waals surface area (Å²) in [6.07, 6.45) is -4.35. The van der Waals surface area contributed by atoms with Crippen LogP contribution in [-0.2, 0) is 6.18 Å². The Bertz CT molecular complexity index is 792. The van der Waals surface area contributed by atoms with Gasteiger partial charge < -0.3 is 0 Å². The Morgan fingerprint density at radius 1 is 0.905 bits per heavy atom. The Labute approximate surface area is 120 Å². The molecule has 0 atom stereocenters. The maximum absolute atomic E-state index is 12.8. The number of alkyl halides is 3. The molecule has 3 rings (SSSR count). The van der Waals surface area contributed by atoms with E-state index in [0.717, 1.165) is 23.3 Å². The van der Waals surface area contributed by atoms with Gasteiger partial charge in [-0.2, -0.15) is 13.2 Å². The van der Waals surface area contributed by atoms with Crippen molar-refractivity contribution in [3.63, 3.8) is 0 Å². The third-order valence-electron chi connectivity index (χ3n) is 3.38. The molecule has 0 spiro atoms. The van der Waals surface area contributed by atoms with Crippen LogP contribution in [0.5, 0.6) is 0 Å². The van der Waals surface area contributed by atoms with Gasteiger partial charge in [0.15, 0.2) is 0 Å². The summed E-state index contributed by atoms with van der Waals surface area (Å²) in [5.74, 6) is 0. The van der Waals surface area contributed by atoms with E-state index < -0.39 is 11.7 Å². The van der Waals surface area contributed by atoms with E-state index in [1.807, 2.05) is 43.3 Å². The zero-order valence-corrected chi connectivity index (χ0v) is 11.3.